The van der Waals surface area contributed by atoms with Crippen LogP contribution in [0, 0.1) is 6.92 Å². The Hall–Kier alpha value is -1.90. The molecule has 2 aromatic rings. The molecule has 0 unspecified atom stereocenters. The van der Waals surface area contributed by atoms with E-state index < -0.39 is 0 Å². The van der Waals surface area contributed by atoms with Gasteiger partial charge < -0.3 is 0 Å². The molecule has 0 aliphatic carbocycles. The molecule has 1 aromatic carbocycles. The summed E-state index contributed by atoms with van der Waals surface area (Å²) in [6.45, 7) is 2.03. The lowest BCUT2D eigenvalue weighted by molar-refractivity contribution is 0.0984. The standard InChI is InChI=1S/C13H14N2O/c1-10-4-3-5-11(8-10)9-13(16)12-6-7-14-15(12)2/h3-8H,9H2,1-2H3. The third-order valence-corrected chi connectivity index (χ3v) is 2.55. The van der Waals surface area contributed by atoms with E-state index in [9.17, 15) is 4.79 Å². The summed E-state index contributed by atoms with van der Waals surface area (Å²) in [6.07, 6.45) is 2.07. The SMILES string of the molecule is Cc1cccc(CC(=O)c2ccnn2C)c1. The first kappa shape index (κ1) is 10.6. The van der Waals surface area contributed by atoms with Crippen molar-refractivity contribution >= 4 is 5.78 Å². The van der Waals surface area contributed by atoms with Crippen LogP contribution < -0.4 is 0 Å². The van der Waals surface area contributed by atoms with Gasteiger partial charge in [-0.3, -0.25) is 9.48 Å². The average molecular weight is 214 g/mol. The molecule has 0 radical (unpaired) electrons. The highest BCUT2D eigenvalue weighted by molar-refractivity contribution is 5.95. The molecule has 1 aromatic heterocycles. The molecule has 1 heterocycles. The fraction of sp³-hybridized carbons (Fsp3) is 0.231. The van der Waals surface area contributed by atoms with E-state index in [0.29, 0.717) is 12.1 Å². The molecule has 0 saturated heterocycles. The molecule has 82 valence electrons. The molecule has 0 bridgehead atoms. The maximum atomic E-state index is 11.9. The molecule has 0 spiro atoms. The van der Waals surface area contributed by atoms with Gasteiger partial charge in [0, 0.05) is 19.7 Å². The topological polar surface area (TPSA) is 34.9 Å². The van der Waals surface area contributed by atoms with Gasteiger partial charge in [-0.2, -0.15) is 5.10 Å². The first-order chi connectivity index (χ1) is 7.66. The number of benzene rings is 1. The van der Waals surface area contributed by atoms with Gasteiger partial charge in [0.2, 0.25) is 0 Å². The summed E-state index contributed by atoms with van der Waals surface area (Å²) in [5.41, 5.74) is 2.88. The summed E-state index contributed by atoms with van der Waals surface area (Å²) in [5, 5.41) is 3.99. The maximum absolute atomic E-state index is 11.9. The molecule has 0 aliphatic rings. The van der Waals surface area contributed by atoms with Gasteiger partial charge in [0.15, 0.2) is 5.78 Å². The number of hydrogen-bond donors (Lipinski definition) is 0. The second-order valence-electron chi connectivity index (χ2n) is 3.93. The normalized spacial score (nSPS) is 10.4. The van der Waals surface area contributed by atoms with E-state index in [2.05, 4.69) is 5.10 Å². The molecule has 0 aliphatic heterocycles. The van der Waals surface area contributed by atoms with E-state index in [0.717, 1.165) is 5.56 Å². The zero-order chi connectivity index (χ0) is 11.5. The van der Waals surface area contributed by atoms with E-state index in [4.69, 9.17) is 0 Å². The number of aryl methyl sites for hydroxylation is 2. The van der Waals surface area contributed by atoms with Gasteiger partial charge >= 0.3 is 0 Å². The molecule has 3 heteroatoms. The van der Waals surface area contributed by atoms with Gasteiger partial charge in [-0.05, 0) is 18.6 Å². The predicted octanol–water partition coefficient (Wildman–Crippen LogP) is 2.15. The lowest BCUT2D eigenvalue weighted by atomic mass is 10.1. The number of hydrogen-bond acceptors (Lipinski definition) is 2. The van der Waals surface area contributed by atoms with Crippen molar-refractivity contribution in [2.45, 2.75) is 13.3 Å². The van der Waals surface area contributed by atoms with Gasteiger partial charge in [-0.15, -0.1) is 0 Å². The summed E-state index contributed by atoms with van der Waals surface area (Å²) in [4.78, 5) is 11.9. The van der Waals surface area contributed by atoms with Crippen LogP contribution in [0.1, 0.15) is 21.6 Å². The van der Waals surface area contributed by atoms with E-state index in [-0.39, 0.29) is 5.78 Å². The van der Waals surface area contributed by atoms with Gasteiger partial charge in [-0.1, -0.05) is 29.8 Å². The van der Waals surface area contributed by atoms with Crippen LogP contribution in [0.5, 0.6) is 0 Å². The zero-order valence-corrected chi connectivity index (χ0v) is 9.47. The van der Waals surface area contributed by atoms with Crippen molar-refractivity contribution in [3.63, 3.8) is 0 Å². The first-order valence-electron chi connectivity index (χ1n) is 5.23. The van der Waals surface area contributed by atoms with E-state index in [1.54, 1.807) is 24.0 Å². The van der Waals surface area contributed by atoms with Crippen molar-refractivity contribution in [2.75, 3.05) is 0 Å². The highest BCUT2D eigenvalue weighted by Crippen LogP contribution is 2.08. The van der Waals surface area contributed by atoms with Crippen molar-refractivity contribution in [1.29, 1.82) is 0 Å². The third-order valence-electron chi connectivity index (χ3n) is 2.55. The third kappa shape index (κ3) is 2.19. The second kappa shape index (κ2) is 4.31. The molecule has 2 rings (SSSR count). The molecule has 0 fully saturated rings. The Labute approximate surface area is 94.7 Å². The molecule has 16 heavy (non-hydrogen) atoms. The van der Waals surface area contributed by atoms with Gasteiger partial charge in [0.1, 0.15) is 5.69 Å². The predicted molar refractivity (Wildman–Crippen MR) is 62.4 cm³/mol. The lowest BCUT2D eigenvalue weighted by Gasteiger charge is -2.02. The number of Topliss-reactive ketones (excluding diaryl/α,β-unsaturated/α-hetero) is 1. The largest absolute Gasteiger partial charge is 0.292 e. The van der Waals surface area contributed by atoms with Crippen LogP contribution in [0.2, 0.25) is 0 Å². The molecule has 0 amide bonds. The minimum absolute atomic E-state index is 0.102. The molecule has 3 nitrogen and oxygen atoms in total. The van der Waals surface area contributed by atoms with Gasteiger partial charge in [0.05, 0.1) is 0 Å². The summed E-state index contributed by atoms with van der Waals surface area (Å²) in [6, 6.07) is 9.76. The summed E-state index contributed by atoms with van der Waals surface area (Å²) >= 11 is 0. The molecule has 0 saturated carbocycles. The fourth-order valence-electron chi connectivity index (χ4n) is 1.75. The highest BCUT2D eigenvalue weighted by atomic mass is 16.1. The summed E-state index contributed by atoms with van der Waals surface area (Å²) in [7, 11) is 1.78. The summed E-state index contributed by atoms with van der Waals surface area (Å²) < 4.78 is 1.61. The first-order valence-corrected chi connectivity index (χ1v) is 5.23. The smallest absolute Gasteiger partial charge is 0.185 e. The summed E-state index contributed by atoms with van der Waals surface area (Å²) in [5.74, 6) is 0.102. The number of ketones is 1. The molecule has 0 N–H and O–H groups in total. The van der Waals surface area contributed by atoms with E-state index in [1.807, 2.05) is 31.2 Å². The van der Waals surface area contributed by atoms with E-state index >= 15 is 0 Å². The van der Waals surface area contributed by atoms with Crippen LogP contribution >= 0.6 is 0 Å². The maximum Gasteiger partial charge on any atom is 0.185 e. The zero-order valence-electron chi connectivity index (χ0n) is 9.47. The van der Waals surface area contributed by atoms with Crippen molar-refractivity contribution in [3.8, 4) is 0 Å². The Morgan fingerprint density at radius 3 is 2.81 bits per heavy atom. The Morgan fingerprint density at radius 1 is 1.38 bits per heavy atom. The van der Waals surface area contributed by atoms with Crippen molar-refractivity contribution in [3.05, 3.63) is 53.3 Å². The second-order valence-corrected chi connectivity index (χ2v) is 3.93. The van der Waals surface area contributed by atoms with Gasteiger partial charge in [-0.25, -0.2) is 0 Å². The van der Waals surface area contributed by atoms with Crippen LogP contribution in [-0.2, 0) is 13.5 Å². The van der Waals surface area contributed by atoms with Crippen molar-refractivity contribution in [2.24, 2.45) is 7.05 Å². The minimum atomic E-state index is 0.102. The average Bonchev–Trinajstić information content (AvgIpc) is 2.64. The minimum Gasteiger partial charge on any atom is -0.292 e. The molecular weight excluding hydrogens is 200 g/mol. The highest BCUT2D eigenvalue weighted by Gasteiger charge is 2.10. The van der Waals surface area contributed by atoms with E-state index in [1.165, 1.54) is 5.56 Å². The number of aromatic nitrogens is 2. The van der Waals surface area contributed by atoms with Crippen LogP contribution in [0.4, 0.5) is 0 Å². The van der Waals surface area contributed by atoms with Crippen LogP contribution in [-0.4, -0.2) is 15.6 Å². The molecule has 0 atom stereocenters. The van der Waals surface area contributed by atoms with Gasteiger partial charge in [0.25, 0.3) is 0 Å². The number of rotatable bonds is 3. The Kier molecular flexibility index (Phi) is 2.86. The number of carbonyl (C=O) groups is 1. The lowest BCUT2D eigenvalue weighted by Crippen LogP contribution is -2.09. The quantitative estimate of drug-likeness (QED) is 0.734. The Morgan fingerprint density at radius 2 is 2.19 bits per heavy atom. The van der Waals surface area contributed by atoms with Crippen LogP contribution in [0.3, 0.4) is 0 Å². The fourth-order valence-corrected chi connectivity index (χ4v) is 1.75. The van der Waals surface area contributed by atoms with Crippen molar-refractivity contribution in [1.82, 2.24) is 9.78 Å². The Balaban J connectivity index is 2.17. The molecular formula is C13H14N2O. The van der Waals surface area contributed by atoms with Crippen LogP contribution in [0.25, 0.3) is 0 Å². The Bertz CT molecular complexity index is 514. The van der Waals surface area contributed by atoms with Crippen LogP contribution in [0.15, 0.2) is 36.5 Å². The monoisotopic (exact) mass is 214 g/mol. The van der Waals surface area contributed by atoms with Crippen molar-refractivity contribution < 1.29 is 4.79 Å². The number of nitrogens with zero attached hydrogens (tertiary/aromatic N) is 2. The number of carbonyl (C=O) groups excluding carboxylic acids is 1.